The summed E-state index contributed by atoms with van der Waals surface area (Å²) in [5, 5.41) is 8.76. The number of aliphatic hydroxyl groups is 1. The molecule has 1 heterocycles. The van der Waals surface area contributed by atoms with Gasteiger partial charge in [0.1, 0.15) is 0 Å². The summed E-state index contributed by atoms with van der Waals surface area (Å²) < 4.78 is 5.25. The lowest BCUT2D eigenvalue weighted by Gasteiger charge is -2.06. The maximum Gasteiger partial charge on any atom is 0.213 e. The largest absolute Gasteiger partial charge is 0.478 e. The van der Waals surface area contributed by atoms with Gasteiger partial charge in [0.15, 0.2) is 0 Å². The van der Waals surface area contributed by atoms with Gasteiger partial charge in [-0.25, -0.2) is 4.98 Å². The van der Waals surface area contributed by atoms with Crippen LogP contribution in [0.5, 0.6) is 5.88 Å². The molecule has 0 radical (unpaired) electrons. The molecule has 3 nitrogen and oxygen atoms in total. The summed E-state index contributed by atoms with van der Waals surface area (Å²) in [5.41, 5.74) is 2.19. The molecule has 72 valence electrons. The summed E-state index contributed by atoms with van der Waals surface area (Å²) in [4.78, 5) is 4.11. The number of aryl methyl sites for hydroxylation is 1. The second-order valence-electron chi connectivity index (χ2n) is 2.86. The van der Waals surface area contributed by atoms with Crippen molar-refractivity contribution in [2.75, 3.05) is 13.2 Å². The molecule has 1 aromatic rings. The molecule has 3 heteroatoms. The molecule has 0 unspecified atom stereocenters. The van der Waals surface area contributed by atoms with Gasteiger partial charge in [-0.2, -0.15) is 0 Å². The van der Waals surface area contributed by atoms with E-state index in [1.54, 1.807) is 6.20 Å². The van der Waals surface area contributed by atoms with Crippen molar-refractivity contribution in [3.05, 3.63) is 23.4 Å². The monoisotopic (exact) mass is 181 g/mol. The van der Waals surface area contributed by atoms with Gasteiger partial charge < -0.3 is 9.84 Å². The van der Waals surface area contributed by atoms with E-state index in [4.69, 9.17) is 9.84 Å². The van der Waals surface area contributed by atoms with E-state index in [9.17, 15) is 0 Å². The highest BCUT2D eigenvalue weighted by Gasteiger charge is 2.00. The fourth-order valence-electron chi connectivity index (χ4n) is 1.17. The van der Waals surface area contributed by atoms with Crippen molar-refractivity contribution in [1.29, 1.82) is 0 Å². The average Bonchev–Trinajstić information content (AvgIpc) is 2.10. The number of hydrogen-bond acceptors (Lipinski definition) is 3. The van der Waals surface area contributed by atoms with Crippen LogP contribution in [-0.4, -0.2) is 23.3 Å². The molecule has 0 spiro atoms. The van der Waals surface area contributed by atoms with Crippen LogP contribution in [0.4, 0.5) is 0 Å². The van der Waals surface area contributed by atoms with E-state index in [0.717, 1.165) is 11.1 Å². The van der Waals surface area contributed by atoms with Crippen molar-refractivity contribution in [3.63, 3.8) is 0 Å². The summed E-state index contributed by atoms with van der Waals surface area (Å²) in [6, 6.07) is 1.90. The second-order valence-corrected chi connectivity index (χ2v) is 2.86. The predicted molar refractivity (Wildman–Crippen MR) is 50.9 cm³/mol. The molecule has 0 aromatic carbocycles. The number of ether oxygens (including phenoxy) is 1. The molecule has 0 fully saturated rings. The summed E-state index contributed by atoms with van der Waals surface area (Å²) in [6.45, 7) is 4.72. The van der Waals surface area contributed by atoms with E-state index < -0.39 is 0 Å². The molecular weight excluding hydrogens is 166 g/mol. The Morgan fingerprint density at radius 1 is 1.54 bits per heavy atom. The lowest BCUT2D eigenvalue weighted by molar-refractivity contribution is 0.298. The standard InChI is InChI=1S/C10H15NO2/c1-3-13-10-6-8(2)9(4-5-12)7-11-10/h6-7,12H,3-5H2,1-2H3. The normalized spacial score (nSPS) is 10.1. The third-order valence-electron chi connectivity index (χ3n) is 1.87. The van der Waals surface area contributed by atoms with E-state index in [1.807, 2.05) is 19.9 Å². The first-order chi connectivity index (χ1) is 6.27. The summed E-state index contributed by atoms with van der Waals surface area (Å²) in [6.07, 6.45) is 2.42. The molecule has 0 bridgehead atoms. The van der Waals surface area contributed by atoms with Crippen molar-refractivity contribution in [2.24, 2.45) is 0 Å². The maximum absolute atomic E-state index is 8.76. The molecule has 0 amide bonds. The van der Waals surface area contributed by atoms with E-state index >= 15 is 0 Å². The zero-order valence-corrected chi connectivity index (χ0v) is 8.08. The Morgan fingerprint density at radius 2 is 2.31 bits per heavy atom. The van der Waals surface area contributed by atoms with Crippen LogP contribution in [0, 0.1) is 6.92 Å². The van der Waals surface area contributed by atoms with Crippen LogP contribution in [0.2, 0.25) is 0 Å². The van der Waals surface area contributed by atoms with Crippen LogP contribution in [0.25, 0.3) is 0 Å². The number of hydrogen-bond donors (Lipinski definition) is 1. The molecule has 13 heavy (non-hydrogen) atoms. The molecule has 1 aromatic heterocycles. The fourth-order valence-corrected chi connectivity index (χ4v) is 1.17. The average molecular weight is 181 g/mol. The minimum Gasteiger partial charge on any atom is -0.478 e. The van der Waals surface area contributed by atoms with Crippen molar-refractivity contribution >= 4 is 0 Å². The molecule has 0 aliphatic heterocycles. The van der Waals surface area contributed by atoms with Crippen LogP contribution in [0.15, 0.2) is 12.3 Å². The zero-order valence-electron chi connectivity index (χ0n) is 8.08. The lowest BCUT2D eigenvalue weighted by atomic mass is 10.1. The number of pyridine rings is 1. The second kappa shape index (κ2) is 4.82. The number of aliphatic hydroxyl groups excluding tert-OH is 1. The Balaban J connectivity index is 2.79. The highest BCUT2D eigenvalue weighted by molar-refractivity contribution is 5.28. The number of aromatic nitrogens is 1. The van der Waals surface area contributed by atoms with Crippen LogP contribution < -0.4 is 4.74 Å². The van der Waals surface area contributed by atoms with Crippen molar-refractivity contribution < 1.29 is 9.84 Å². The highest BCUT2D eigenvalue weighted by Crippen LogP contribution is 2.13. The first-order valence-electron chi connectivity index (χ1n) is 4.47. The molecule has 0 atom stereocenters. The van der Waals surface area contributed by atoms with Gasteiger partial charge in [0, 0.05) is 18.9 Å². The maximum atomic E-state index is 8.76. The molecule has 0 saturated heterocycles. The summed E-state index contributed by atoms with van der Waals surface area (Å²) in [7, 11) is 0. The van der Waals surface area contributed by atoms with Crippen molar-refractivity contribution in [2.45, 2.75) is 20.3 Å². The van der Waals surface area contributed by atoms with Gasteiger partial charge >= 0.3 is 0 Å². The van der Waals surface area contributed by atoms with E-state index in [1.165, 1.54) is 0 Å². The van der Waals surface area contributed by atoms with Crippen molar-refractivity contribution in [3.8, 4) is 5.88 Å². The topological polar surface area (TPSA) is 42.4 Å². The highest BCUT2D eigenvalue weighted by atomic mass is 16.5. The zero-order chi connectivity index (χ0) is 9.68. The molecule has 1 rings (SSSR count). The van der Waals surface area contributed by atoms with Crippen LogP contribution in [0.3, 0.4) is 0 Å². The Morgan fingerprint density at radius 3 is 2.85 bits per heavy atom. The predicted octanol–water partition coefficient (Wildman–Crippen LogP) is 1.32. The first-order valence-corrected chi connectivity index (χ1v) is 4.47. The van der Waals surface area contributed by atoms with Gasteiger partial charge in [0.2, 0.25) is 5.88 Å². The summed E-state index contributed by atoms with van der Waals surface area (Å²) >= 11 is 0. The van der Waals surface area contributed by atoms with Gasteiger partial charge in [-0.15, -0.1) is 0 Å². The quantitative estimate of drug-likeness (QED) is 0.761. The van der Waals surface area contributed by atoms with Gasteiger partial charge in [0.25, 0.3) is 0 Å². The smallest absolute Gasteiger partial charge is 0.213 e. The van der Waals surface area contributed by atoms with Gasteiger partial charge in [-0.3, -0.25) is 0 Å². The Kier molecular flexibility index (Phi) is 3.71. The minimum atomic E-state index is 0.163. The third-order valence-corrected chi connectivity index (χ3v) is 1.87. The minimum absolute atomic E-state index is 0.163. The van der Waals surface area contributed by atoms with Crippen LogP contribution in [-0.2, 0) is 6.42 Å². The van der Waals surface area contributed by atoms with E-state index in [0.29, 0.717) is 18.9 Å². The molecular formula is C10H15NO2. The van der Waals surface area contributed by atoms with E-state index in [-0.39, 0.29) is 6.61 Å². The van der Waals surface area contributed by atoms with Gasteiger partial charge in [-0.05, 0) is 31.4 Å². The molecule has 0 aliphatic carbocycles. The fraction of sp³-hybridized carbons (Fsp3) is 0.500. The van der Waals surface area contributed by atoms with Crippen molar-refractivity contribution in [1.82, 2.24) is 4.98 Å². The number of rotatable bonds is 4. The molecule has 0 aliphatic rings. The van der Waals surface area contributed by atoms with E-state index in [2.05, 4.69) is 4.98 Å². The lowest BCUT2D eigenvalue weighted by Crippen LogP contribution is -1.99. The van der Waals surface area contributed by atoms with Crippen LogP contribution >= 0.6 is 0 Å². The Labute approximate surface area is 78.4 Å². The van der Waals surface area contributed by atoms with Gasteiger partial charge in [-0.1, -0.05) is 0 Å². The van der Waals surface area contributed by atoms with Gasteiger partial charge in [0.05, 0.1) is 6.61 Å². The van der Waals surface area contributed by atoms with Crippen LogP contribution in [0.1, 0.15) is 18.1 Å². The Bertz CT molecular complexity index is 274. The third kappa shape index (κ3) is 2.70. The SMILES string of the molecule is CCOc1cc(C)c(CCO)cn1. The summed E-state index contributed by atoms with van der Waals surface area (Å²) in [5.74, 6) is 0.654. The molecule has 1 N–H and O–H groups in total. The Hall–Kier alpha value is -1.09. The molecule has 0 saturated carbocycles. The first kappa shape index (κ1) is 9.99. The number of nitrogens with zero attached hydrogens (tertiary/aromatic N) is 1.